The van der Waals surface area contributed by atoms with Gasteiger partial charge in [-0.15, -0.1) is 0 Å². The van der Waals surface area contributed by atoms with Crippen LogP contribution < -0.4 is 11.3 Å². The van der Waals surface area contributed by atoms with Gasteiger partial charge in [0.05, 0.1) is 12.6 Å². The molecule has 15 heavy (non-hydrogen) atoms. The lowest BCUT2D eigenvalue weighted by atomic mass is 10.1. The van der Waals surface area contributed by atoms with Crippen molar-refractivity contribution in [2.45, 2.75) is 26.8 Å². The van der Waals surface area contributed by atoms with Crippen molar-refractivity contribution in [3.63, 3.8) is 0 Å². The molecular weight excluding hydrogens is 194 g/mol. The van der Waals surface area contributed by atoms with Gasteiger partial charge in [0.25, 0.3) is 5.91 Å². The number of nitrogens with one attached hydrogen (secondary N) is 1. The van der Waals surface area contributed by atoms with Crippen LogP contribution in [0.4, 0.5) is 0 Å². The maximum absolute atomic E-state index is 11.4. The fraction of sp³-hybridized carbons (Fsp3) is 0.900. The second kappa shape index (κ2) is 7.62. The van der Waals surface area contributed by atoms with Gasteiger partial charge in [-0.1, -0.05) is 13.8 Å². The lowest BCUT2D eigenvalue weighted by Gasteiger charge is -2.28. The number of carbonyl (C=O) groups excluding carboxylic acids is 1. The van der Waals surface area contributed by atoms with Gasteiger partial charge in [0, 0.05) is 20.2 Å². The second-order valence-corrected chi connectivity index (χ2v) is 4.07. The molecule has 0 aromatic rings. The molecule has 90 valence electrons. The predicted molar refractivity (Wildman–Crippen MR) is 60.1 cm³/mol. The Hall–Kier alpha value is -0.650. The van der Waals surface area contributed by atoms with Crippen molar-refractivity contribution in [1.82, 2.24) is 10.3 Å². The van der Waals surface area contributed by atoms with E-state index in [1.807, 2.05) is 6.92 Å². The van der Waals surface area contributed by atoms with E-state index in [0.717, 1.165) is 13.1 Å². The SMILES string of the molecule is COCCN(CC(C)C)C(C)C(=O)NN. The number of rotatable bonds is 7. The van der Waals surface area contributed by atoms with Crippen molar-refractivity contribution in [2.75, 3.05) is 26.8 Å². The van der Waals surface area contributed by atoms with Crippen LogP contribution in [0.1, 0.15) is 20.8 Å². The summed E-state index contributed by atoms with van der Waals surface area (Å²) in [5.74, 6) is 5.46. The molecular formula is C10H23N3O2. The van der Waals surface area contributed by atoms with E-state index in [2.05, 4.69) is 24.2 Å². The Bertz CT molecular complexity index is 186. The lowest BCUT2D eigenvalue weighted by Crippen LogP contribution is -2.49. The fourth-order valence-electron chi connectivity index (χ4n) is 1.41. The third kappa shape index (κ3) is 5.71. The van der Waals surface area contributed by atoms with E-state index in [-0.39, 0.29) is 11.9 Å². The maximum atomic E-state index is 11.4. The van der Waals surface area contributed by atoms with Gasteiger partial charge in [0.1, 0.15) is 0 Å². The lowest BCUT2D eigenvalue weighted by molar-refractivity contribution is -0.126. The van der Waals surface area contributed by atoms with E-state index in [1.54, 1.807) is 7.11 Å². The van der Waals surface area contributed by atoms with Crippen LogP contribution in [0.3, 0.4) is 0 Å². The van der Waals surface area contributed by atoms with Crippen LogP contribution in [0, 0.1) is 5.92 Å². The van der Waals surface area contributed by atoms with Gasteiger partial charge in [-0.05, 0) is 12.8 Å². The Morgan fingerprint density at radius 2 is 2.07 bits per heavy atom. The zero-order valence-electron chi connectivity index (χ0n) is 10.1. The maximum Gasteiger partial charge on any atom is 0.250 e. The first-order chi connectivity index (χ1) is 7.02. The van der Waals surface area contributed by atoms with Crippen molar-refractivity contribution in [3.05, 3.63) is 0 Å². The molecule has 1 unspecified atom stereocenters. The summed E-state index contributed by atoms with van der Waals surface area (Å²) in [6, 6.07) is -0.215. The summed E-state index contributed by atoms with van der Waals surface area (Å²) >= 11 is 0. The normalized spacial score (nSPS) is 13.3. The number of nitrogens with two attached hydrogens (primary N) is 1. The van der Waals surface area contributed by atoms with E-state index in [4.69, 9.17) is 10.6 Å². The molecule has 0 rings (SSSR count). The quantitative estimate of drug-likeness (QED) is 0.357. The van der Waals surface area contributed by atoms with Crippen LogP contribution in [-0.2, 0) is 9.53 Å². The monoisotopic (exact) mass is 217 g/mol. The molecule has 0 aromatic heterocycles. The van der Waals surface area contributed by atoms with Crippen LogP contribution in [-0.4, -0.2) is 43.7 Å². The molecule has 0 fully saturated rings. The zero-order valence-corrected chi connectivity index (χ0v) is 10.1. The molecule has 5 nitrogen and oxygen atoms in total. The van der Waals surface area contributed by atoms with Gasteiger partial charge >= 0.3 is 0 Å². The first-order valence-electron chi connectivity index (χ1n) is 5.26. The van der Waals surface area contributed by atoms with Gasteiger partial charge in [-0.2, -0.15) is 0 Å². The number of hydrogen-bond donors (Lipinski definition) is 2. The Morgan fingerprint density at radius 3 is 2.47 bits per heavy atom. The third-order valence-electron chi connectivity index (χ3n) is 2.25. The highest BCUT2D eigenvalue weighted by atomic mass is 16.5. The largest absolute Gasteiger partial charge is 0.383 e. The average molecular weight is 217 g/mol. The minimum absolute atomic E-state index is 0.160. The number of nitrogens with zero attached hydrogens (tertiary/aromatic N) is 1. The highest BCUT2D eigenvalue weighted by Gasteiger charge is 2.20. The summed E-state index contributed by atoms with van der Waals surface area (Å²) in [6.07, 6.45) is 0. The molecule has 0 radical (unpaired) electrons. The number of hydrazine groups is 1. The van der Waals surface area contributed by atoms with Gasteiger partial charge in [-0.25, -0.2) is 5.84 Å². The van der Waals surface area contributed by atoms with Crippen LogP contribution in [0.15, 0.2) is 0 Å². The van der Waals surface area contributed by atoms with Crippen LogP contribution in [0.2, 0.25) is 0 Å². The molecule has 0 heterocycles. The molecule has 1 atom stereocenters. The topological polar surface area (TPSA) is 67.6 Å². The number of carbonyl (C=O) groups is 1. The van der Waals surface area contributed by atoms with E-state index in [0.29, 0.717) is 12.5 Å². The zero-order chi connectivity index (χ0) is 11.8. The van der Waals surface area contributed by atoms with Crippen LogP contribution in [0.5, 0.6) is 0 Å². The van der Waals surface area contributed by atoms with E-state index in [9.17, 15) is 4.79 Å². The Labute approximate surface area is 91.9 Å². The van der Waals surface area contributed by atoms with E-state index < -0.39 is 0 Å². The average Bonchev–Trinajstić information content (AvgIpc) is 2.21. The number of methoxy groups -OCH3 is 1. The van der Waals surface area contributed by atoms with E-state index in [1.165, 1.54) is 0 Å². The van der Waals surface area contributed by atoms with Crippen molar-refractivity contribution in [2.24, 2.45) is 11.8 Å². The molecule has 0 bridgehead atoms. The minimum atomic E-state index is -0.215. The van der Waals surface area contributed by atoms with Gasteiger partial charge in [0.15, 0.2) is 0 Å². The molecule has 0 aliphatic carbocycles. The van der Waals surface area contributed by atoms with E-state index >= 15 is 0 Å². The molecule has 3 N–H and O–H groups in total. The predicted octanol–water partition coefficient (Wildman–Crippen LogP) is -0.0308. The smallest absolute Gasteiger partial charge is 0.250 e. The fourth-order valence-corrected chi connectivity index (χ4v) is 1.41. The van der Waals surface area contributed by atoms with Gasteiger partial charge in [-0.3, -0.25) is 15.1 Å². The minimum Gasteiger partial charge on any atom is -0.383 e. The number of hydrogen-bond acceptors (Lipinski definition) is 4. The summed E-state index contributed by atoms with van der Waals surface area (Å²) in [5.41, 5.74) is 2.17. The molecule has 0 aromatic carbocycles. The summed E-state index contributed by atoms with van der Waals surface area (Å²) in [5, 5.41) is 0. The summed E-state index contributed by atoms with van der Waals surface area (Å²) in [6.45, 7) is 8.30. The summed E-state index contributed by atoms with van der Waals surface area (Å²) in [4.78, 5) is 13.4. The van der Waals surface area contributed by atoms with Crippen molar-refractivity contribution in [3.8, 4) is 0 Å². The van der Waals surface area contributed by atoms with Gasteiger partial charge in [0.2, 0.25) is 0 Å². The molecule has 5 heteroatoms. The molecule has 0 aliphatic rings. The standard InChI is InChI=1S/C10H23N3O2/c1-8(2)7-13(5-6-15-4)9(3)10(14)12-11/h8-9H,5-7,11H2,1-4H3,(H,12,14). The van der Waals surface area contributed by atoms with Crippen molar-refractivity contribution < 1.29 is 9.53 Å². The molecule has 0 spiro atoms. The summed E-state index contributed by atoms with van der Waals surface area (Å²) in [7, 11) is 1.65. The first kappa shape index (κ1) is 14.3. The highest BCUT2D eigenvalue weighted by Crippen LogP contribution is 2.04. The van der Waals surface area contributed by atoms with Crippen molar-refractivity contribution >= 4 is 5.91 Å². The van der Waals surface area contributed by atoms with Crippen LogP contribution in [0.25, 0.3) is 0 Å². The molecule has 0 saturated carbocycles. The van der Waals surface area contributed by atoms with Gasteiger partial charge < -0.3 is 4.74 Å². The number of ether oxygens (including phenoxy) is 1. The number of amides is 1. The molecule has 0 saturated heterocycles. The Kier molecular flexibility index (Phi) is 7.29. The Balaban J connectivity index is 4.25. The molecule has 0 aliphatic heterocycles. The molecule has 1 amide bonds. The second-order valence-electron chi connectivity index (χ2n) is 4.07. The Morgan fingerprint density at radius 1 is 1.47 bits per heavy atom. The summed E-state index contributed by atoms with van der Waals surface area (Å²) < 4.78 is 5.01. The first-order valence-corrected chi connectivity index (χ1v) is 5.26. The van der Waals surface area contributed by atoms with Crippen molar-refractivity contribution in [1.29, 1.82) is 0 Å². The third-order valence-corrected chi connectivity index (χ3v) is 2.25. The highest BCUT2D eigenvalue weighted by molar-refractivity contribution is 5.80. The van der Waals surface area contributed by atoms with Crippen LogP contribution >= 0.6 is 0 Å².